The molecule has 3 atom stereocenters. The molecule has 0 saturated heterocycles. The Morgan fingerprint density at radius 3 is 2.76 bits per heavy atom. The number of fused-ring (bicyclic) bond motifs is 3. The SMILES string of the molecule is CNC1C2Cc3ccc(OC)cc3C2C1(C)C. The van der Waals surface area contributed by atoms with Crippen molar-refractivity contribution in [2.24, 2.45) is 11.3 Å². The average molecular weight is 231 g/mol. The third-order valence-electron chi connectivity index (χ3n) is 4.91. The third-order valence-corrected chi connectivity index (χ3v) is 4.91. The highest BCUT2D eigenvalue weighted by molar-refractivity contribution is 5.46. The molecule has 2 nitrogen and oxygen atoms in total. The van der Waals surface area contributed by atoms with E-state index in [0.29, 0.717) is 17.4 Å². The molecule has 2 aliphatic rings. The minimum absolute atomic E-state index is 0.358. The first-order valence-electron chi connectivity index (χ1n) is 6.43. The number of hydrogen-bond donors (Lipinski definition) is 1. The van der Waals surface area contributed by atoms with Crippen molar-refractivity contribution in [1.29, 1.82) is 0 Å². The van der Waals surface area contributed by atoms with Gasteiger partial charge in [-0.3, -0.25) is 0 Å². The maximum atomic E-state index is 5.35. The van der Waals surface area contributed by atoms with Gasteiger partial charge in [-0.1, -0.05) is 19.9 Å². The highest BCUT2D eigenvalue weighted by Gasteiger charge is 2.59. The zero-order valence-electron chi connectivity index (χ0n) is 11.1. The molecule has 1 aromatic rings. The quantitative estimate of drug-likeness (QED) is 0.844. The van der Waals surface area contributed by atoms with Gasteiger partial charge >= 0.3 is 0 Å². The van der Waals surface area contributed by atoms with Crippen LogP contribution in [0.5, 0.6) is 5.75 Å². The Morgan fingerprint density at radius 2 is 2.12 bits per heavy atom. The summed E-state index contributed by atoms with van der Waals surface area (Å²) < 4.78 is 5.35. The number of hydrogen-bond acceptors (Lipinski definition) is 2. The number of nitrogens with one attached hydrogen (secondary N) is 1. The second-order valence-electron chi connectivity index (χ2n) is 6.00. The van der Waals surface area contributed by atoms with Gasteiger partial charge in [0.1, 0.15) is 5.75 Å². The lowest BCUT2D eigenvalue weighted by Crippen LogP contribution is -2.60. The fourth-order valence-electron chi connectivity index (χ4n) is 4.25. The molecule has 0 amide bonds. The molecule has 1 fully saturated rings. The van der Waals surface area contributed by atoms with Crippen molar-refractivity contribution in [1.82, 2.24) is 5.32 Å². The molecule has 0 aromatic heterocycles. The van der Waals surface area contributed by atoms with Crippen LogP contribution in [-0.2, 0) is 6.42 Å². The van der Waals surface area contributed by atoms with E-state index in [-0.39, 0.29) is 0 Å². The van der Waals surface area contributed by atoms with Gasteiger partial charge in [-0.25, -0.2) is 0 Å². The number of methoxy groups -OCH3 is 1. The van der Waals surface area contributed by atoms with E-state index in [4.69, 9.17) is 4.74 Å². The van der Waals surface area contributed by atoms with Gasteiger partial charge in [-0.05, 0) is 54.0 Å². The van der Waals surface area contributed by atoms with Crippen LogP contribution in [0, 0.1) is 11.3 Å². The lowest BCUT2D eigenvalue weighted by molar-refractivity contribution is 0.00658. The fourth-order valence-corrected chi connectivity index (χ4v) is 4.25. The molecule has 0 heterocycles. The Hall–Kier alpha value is -1.02. The predicted octanol–water partition coefficient (Wildman–Crippen LogP) is 2.58. The lowest BCUT2D eigenvalue weighted by atomic mass is 9.52. The minimum atomic E-state index is 0.358. The Kier molecular flexibility index (Phi) is 2.27. The van der Waals surface area contributed by atoms with E-state index in [0.717, 1.165) is 11.7 Å². The van der Waals surface area contributed by atoms with Crippen molar-refractivity contribution in [3.63, 3.8) is 0 Å². The van der Waals surface area contributed by atoms with E-state index in [1.807, 2.05) is 0 Å². The molecule has 3 unspecified atom stereocenters. The Balaban J connectivity index is 2.01. The molecule has 0 radical (unpaired) electrons. The van der Waals surface area contributed by atoms with Gasteiger partial charge in [0, 0.05) is 6.04 Å². The molecule has 17 heavy (non-hydrogen) atoms. The highest BCUT2D eigenvalue weighted by Crippen LogP contribution is 2.62. The maximum absolute atomic E-state index is 5.35. The normalized spacial score (nSPS) is 32.6. The first-order valence-corrected chi connectivity index (χ1v) is 6.43. The molecule has 1 saturated carbocycles. The molecule has 0 spiro atoms. The first-order chi connectivity index (χ1) is 8.09. The van der Waals surface area contributed by atoms with Crippen molar-refractivity contribution in [3.05, 3.63) is 29.3 Å². The van der Waals surface area contributed by atoms with E-state index >= 15 is 0 Å². The van der Waals surface area contributed by atoms with Gasteiger partial charge in [0.05, 0.1) is 7.11 Å². The second kappa shape index (κ2) is 3.49. The molecule has 1 N–H and O–H groups in total. The van der Waals surface area contributed by atoms with Crippen LogP contribution in [0.3, 0.4) is 0 Å². The van der Waals surface area contributed by atoms with Gasteiger partial charge in [-0.2, -0.15) is 0 Å². The van der Waals surface area contributed by atoms with Crippen LogP contribution in [0.15, 0.2) is 18.2 Å². The van der Waals surface area contributed by atoms with E-state index in [1.165, 1.54) is 17.5 Å². The summed E-state index contributed by atoms with van der Waals surface area (Å²) in [6.07, 6.45) is 1.22. The monoisotopic (exact) mass is 231 g/mol. The van der Waals surface area contributed by atoms with E-state index in [2.05, 4.69) is 44.4 Å². The molecular weight excluding hydrogens is 210 g/mol. The van der Waals surface area contributed by atoms with Crippen molar-refractivity contribution >= 4 is 0 Å². The van der Waals surface area contributed by atoms with Crippen molar-refractivity contribution in [3.8, 4) is 5.75 Å². The van der Waals surface area contributed by atoms with Gasteiger partial charge in [0.25, 0.3) is 0 Å². The fraction of sp³-hybridized carbons (Fsp3) is 0.600. The smallest absolute Gasteiger partial charge is 0.119 e. The molecular formula is C15H21NO. The highest BCUT2D eigenvalue weighted by atomic mass is 16.5. The largest absolute Gasteiger partial charge is 0.497 e. The maximum Gasteiger partial charge on any atom is 0.119 e. The van der Waals surface area contributed by atoms with E-state index in [9.17, 15) is 0 Å². The topological polar surface area (TPSA) is 21.3 Å². The summed E-state index contributed by atoms with van der Waals surface area (Å²) in [6.45, 7) is 4.76. The Bertz CT molecular complexity index is 452. The summed E-state index contributed by atoms with van der Waals surface area (Å²) in [4.78, 5) is 0. The number of benzene rings is 1. The second-order valence-corrected chi connectivity index (χ2v) is 6.00. The Labute approximate surface area is 103 Å². The van der Waals surface area contributed by atoms with Crippen LogP contribution in [0.4, 0.5) is 0 Å². The molecule has 1 aromatic carbocycles. The Morgan fingerprint density at radius 1 is 1.35 bits per heavy atom. The first kappa shape index (κ1) is 11.1. The molecule has 2 aliphatic carbocycles. The summed E-state index contributed by atoms with van der Waals surface area (Å²) in [5.41, 5.74) is 3.40. The van der Waals surface area contributed by atoms with Crippen LogP contribution >= 0.6 is 0 Å². The molecule has 92 valence electrons. The standard InChI is InChI=1S/C15H21NO/c1-15(2)13-11-8-10(17-4)6-5-9(11)7-12(13)14(15)16-3/h5-6,8,12-14,16H,7H2,1-4H3. The summed E-state index contributed by atoms with van der Waals surface area (Å²) >= 11 is 0. The van der Waals surface area contributed by atoms with Gasteiger partial charge in [-0.15, -0.1) is 0 Å². The zero-order chi connectivity index (χ0) is 12.2. The van der Waals surface area contributed by atoms with Crippen molar-refractivity contribution < 1.29 is 4.74 Å². The molecule has 0 aliphatic heterocycles. The van der Waals surface area contributed by atoms with Gasteiger partial charge in [0.2, 0.25) is 0 Å². The summed E-state index contributed by atoms with van der Waals surface area (Å²) in [6, 6.07) is 7.22. The van der Waals surface area contributed by atoms with E-state index < -0.39 is 0 Å². The van der Waals surface area contributed by atoms with E-state index in [1.54, 1.807) is 7.11 Å². The number of ether oxygens (including phenoxy) is 1. The van der Waals surface area contributed by atoms with Crippen molar-refractivity contribution in [2.75, 3.05) is 14.2 Å². The molecule has 2 heteroatoms. The summed E-state index contributed by atoms with van der Waals surface area (Å²) in [7, 11) is 3.84. The van der Waals surface area contributed by atoms with Crippen LogP contribution in [0.2, 0.25) is 0 Å². The van der Waals surface area contributed by atoms with Crippen LogP contribution in [0.1, 0.15) is 30.9 Å². The van der Waals surface area contributed by atoms with Gasteiger partial charge < -0.3 is 10.1 Å². The average Bonchev–Trinajstić information content (AvgIpc) is 2.64. The zero-order valence-corrected chi connectivity index (χ0v) is 11.1. The van der Waals surface area contributed by atoms with Crippen molar-refractivity contribution in [2.45, 2.75) is 32.2 Å². The minimum Gasteiger partial charge on any atom is -0.497 e. The summed E-state index contributed by atoms with van der Waals surface area (Å²) in [5, 5.41) is 3.50. The van der Waals surface area contributed by atoms with Crippen LogP contribution < -0.4 is 10.1 Å². The predicted molar refractivity (Wildman–Crippen MR) is 69.6 cm³/mol. The molecule has 0 bridgehead atoms. The van der Waals surface area contributed by atoms with Crippen LogP contribution in [-0.4, -0.2) is 20.2 Å². The van der Waals surface area contributed by atoms with Crippen LogP contribution in [0.25, 0.3) is 0 Å². The number of rotatable bonds is 2. The molecule has 3 rings (SSSR count). The van der Waals surface area contributed by atoms with Gasteiger partial charge in [0.15, 0.2) is 0 Å². The summed E-state index contributed by atoms with van der Waals surface area (Å²) in [5.74, 6) is 2.47. The third kappa shape index (κ3) is 1.30. The lowest BCUT2D eigenvalue weighted by Gasteiger charge is -2.56.